The first kappa shape index (κ1) is 21.7. The zero-order valence-electron chi connectivity index (χ0n) is 16.8. The molecule has 0 spiro atoms. The molecule has 8 heteroatoms. The summed E-state index contributed by atoms with van der Waals surface area (Å²) in [6.45, 7) is 2.42. The van der Waals surface area contributed by atoms with Gasteiger partial charge in [0.15, 0.2) is 11.6 Å². The van der Waals surface area contributed by atoms with Crippen molar-refractivity contribution in [3.8, 4) is 16.9 Å². The monoisotopic (exact) mass is 418 g/mol. The van der Waals surface area contributed by atoms with Gasteiger partial charge < -0.3 is 20.0 Å². The fourth-order valence-electron chi connectivity index (χ4n) is 4.25. The number of aromatic hydroxyl groups is 1. The van der Waals surface area contributed by atoms with Crippen LogP contribution in [0.3, 0.4) is 0 Å². The van der Waals surface area contributed by atoms with Crippen LogP contribution in [-0.4, -0.2) is 66.1 Å². The van der Waals surface area contributed by atoms with Crippen LogP contribution in [0.15, 0.2) is 36.4 Å². The predicted octanol–water partition coefficient (Wildman–Crippen LogP) is 2.92. The molecule has 1 saturated heterocycles. The van der Waals surface area contributed by atoms with Crippen LogP contribution in [0.2, 0.25) is 0 Å². The lowest BCUT2D eigenvalue weighted by atomic mass is 10.0. The lowest BCUT2D eigenvalue weighted by Crippen LogP contribution is -2.33. The second kappa shape index (κ2) is 8.79. The third-order valence-corrected chi connectivity index (χ3v) is 5.72. The van der Waals surface area contributed by atoms with E-state index in [1.165, 1.54) is 0 Å². The summed E-state index contributed by atoms with van der Waals surface area (Å²) in [6, 6.07) is 8.33. The van der Waals surface area contributed by atoms with Crippen molar-refractivity contribution in [1.82, 2.24) is 9.80 Å². The maximum absolute atomic E-state index is 13.5. The van der Waals surface area contributed by atoms with Gasteiger partial charge in [0.25, 0.3) is 12.4 Å². The van der Waals surface area contributed by atoms with E-state index in [4.69, 9.17) is 9.90 Å². The molecule has 2 aromatic carbocycles. The molecule has 1 unspecified atom stereocenters. The highest BCUT2D eigenvalue weighted by Gasteiger charge is 2.56. The van der Waals surface area contributed by atoms with Crippen LogP contribution in [0.25, 0.3) is 11.1 Å². The summed E-state index contributed by atoms with van der Waals surface area (Å²) < 4.78 is 26.6. The van der Waals surface area contributed by atoms with Crippen LogP contribution in [0.1, 0.15) is 10.4 Å². The van der Waals surface area contributed by atoms with E-state index in [0.29, 0.717) is 28.9 Å². The van der Waals surface area contributed by atoms with Crippen molar-refractivity contribution >= 4 is 12.4 Å². The van der Waals surface area contributed by atoms with Gasteiger partial charge >= 0.3 is 0 Å². The molecular weight excluding hydrogens is 394 g/mol. The lowest BCUT2D eigenvalue weighted by Gasteiger charge is -2.21. The number of amides is 1. The SMILES string of the molecule is CN(C)CC1[C@H]2CN(C(=O)c3ccc(-c4cc(F)c(F)cc4O)cc3)C[C@@H]12.O=CO. The highest BCUT2D eigenvalue weighted by molar-refractivity contribution is 5.95. The Morgan fingerprint density at radius 2 is 1.67 bits per heavy atom. The number of phenols is 1. The van der Waals surface area contributed by atoms with E-state index >= 15 is 0 Å². The topological polar surface area (TPSA) is 81.1 Å². The second-order valence-corrected chi connectivity index (χ2v) is 7.93. The Bertz CT molecular complexity index is 921. The highest BCUT2D eigenvalue weighted by atomic mass is 19.2. The van der Waals surface area contributed by atoms with Crippen LogP contribution in [0.4, 0.5) is 8.78 Å². The fraction of sp³-hybridized carbons (Fsp3) is 0.364. The number of carbonyl (C=O) groups excluding carboxylic acids is 1. The zero-order valence-corrected chi connectivity index (χ0v) is 16.8. The summed E-state index contributed by atoms with van der Waals surface area (Å²) in [6.07, 6.45) is 0. The van der Waals surface area contributed by atoms with Gasteiger partial charge in [-0.05, 0) is 55.6 Å². The fourth-order valence-corrected chi connectivity index (χ4v) is 4.25. The molecule has 1 saturated carbocycles. The van der Waals surface area contributed by atoms with Crippen LogP contribution < -0.4 is 0 Å². The van der Waals surface area contributed by atoms with Gasteiger partial charge in [-0.2, -0.15) is 0 Å². The van der Waals surface area contributed by atoms with Crippen LogP contribution in [-0.2, 0) is 4.79 Å². The minimum atomic E-state index is -1.09. The Kier molecular flexibility index (Phi) is 6.36. The van der Waals surface area contributed by atoms with E-state index in [1.54, 1.807) is 24.3 Å². The third kappa shape index (κ3) is 4.43. The number of carbonyl (C=O) groups is 2. The van der Waals surface area contributed by atoms with Crippen molar-refractivity contribution in [2.24, 2.45) is 17.8 Å². The summed E-state index contributed by atoms with van der Waals surface area (Å²) in [5.74, 6) is -0.548. The van der Waals surface area contributed by atoms with Gasteiger partial charge in [0.2, 0.25) is 0 Å². The molecule has 4 rings (SSSR count). The van der Waals surface area contributed by atoms with E-state index in [9.17, 15) is 18.7 Å². The van der Waals surface area contributed by atoms with Crippen molar-refractivity contribution in [2.45, 2.75) is 0 Å². The summed E-state index contributed by atoms with van der Waals surface area (Å²) in [5.41, 5.74) is 1.28. The summed E-state index contributed by atoms with van der Waals surface area (Å²) in [4.78, 5) is 25.2. The maximum atomic E-state index is 13.5. The number of hydrogen-bond donors (Lipinski definition) is 2. The number of carboxylic acid groups (broad SMARTS) is 1. The molecule has 1 aliphatic heterocycles. The lowest BCUT2D eigenvalue weighted by molar-refractivity contribution is -0.122. The van der Waals surface area contributed by atoms with E-state index in [-0.39, 0.29) is 23.7 Å². The second-order valence-electron chi connectivity index (χ2n) is 7.93. The Morgan fingerprint density at radius 1 is 1.13 bits per heavy atom. The number of rotatable bonds is 4. The van der Waals surface area contributed by atoms with Crippen molar-refractivity contribution in [1.29, 1.82) is 0 Å². The van der Waals surface area contributed by atoms with E-state index in [2.05, 4.69) is 19.0 Å². The van der Waals surface area contributed by atoms with Crippen molar-refractivity contribution in [2.75, 3.05) is 33.7 Å². The third-order valence-electron chi connectivity index (χ3n) is 5.72. The van der Waals surface area contributed by atoms with Crippen molar-refractivity contribution in [3.05, 3.63) is 53.6 Å². The summed E-state index contributed by atoms with van der Waals surface area (Å²) in [7, 11) is 4.15. The Balaban J connectivity index is 0.000000806. The molecule has 2 aliphatic rings. The average Bonchev–Trinajstić information content (AvgIpc) is 3.12. The smallest absolute Gasteiger partial charge is 0.290 e. The van der Waals surface area contributed by atoms with Gasteiger partial charge in [-0.15, -0.1) is 0 Å². The largest absolute Gasteiger partial charge is 0.507 e. The van der Waals surface area contributed by atoms with Gasteiger partial charge in [0.1, 0.15) is 5.75 Å². The maximum Gasteiger partial charge on any atom is 0.290 e. The Labute approximate surface area is 173 Å². The molecule has 2 N–H and O–H groups in total. The minimum absolute atomic E-state index is 0.00754. The minimum Gasteiger partial charge on any atom is -0.507 e. The molecule has 2 fully saturated rings. The van der Waals surface area contributed by atoms with E-state index in [0.717, 1.165) is 31.8 Å². The molecular formula is C22H24F2N2O4. The van der Waals surface area contributed by atoms with Crippen LogP contribution >= 0.6 is 0 Å². The van der Waals surface area contributed by atoms with Gasteiger partial charge in [-0.25, -0.2) is 8.78 Å². The average molecular weight is 418 g/mol. The van der Waals surface area contributed by atoms with Crippen molar-refractivity contribution in [3.63, 3.8) is 0 Å². The molecule has 0 aromatic heterocycles. The number of halogens is 2. The Hall–Kier alpha value is -3.00. The number of likely N-dealkylation sites (tertiary alicyclic amines) is 1. The number of piperidine rings is 1. The van der Waals surface area contributed by atoms with Gasteiger partial charge in [-0.3, -0.25) is 9.59 Å². The number of nitrogens with zero attached hydrogens (tertiary/aromatic N) is 2. The highest BCUT2D eigenvalue weighted by Crippen LogP contribution is 2.52. The molecule has 1 amide bonds. The van der Waals surface area contributed by atoms with Crippen molar-refractivity contribution < 1.29 is 28.6 Å². The first-order chi connectivity index (χ1) is 14.3. The normalized spacial score (nSPS) is 21.6. The number of fused-ring (bicyclic) bond motifs is 1. The standard InChI is InChI=1S/C21H22F2N2O2.CH2O2/c1-24(2)9-15-16-10-25(11-17(15)16)21(27)13-5-3-12(4-6-13)14-7-18(22)19(23)8-20(14)26;2-1-3/h3-8,15-17,26H,9-11H2,1-2H3;1H,(H,2,3)/t15?,16-,17+;. The number of benzene rings is 2. The molecule has 3 atom stereocenters. The summed E-state index contributed by atoms with van der Waals surface area (Å²) >= 11 is 0. The Morgan fingerprint density at radius 3 is 2.20 bits per heavy atom. The van der Waals surface area contributed by atoms with Gasteiger partial charge in [0.05, 0.1) is 0 Å². The molecule has 2 aromatic rings. The molecule has 160 valence electrons. The molecule has 0 bridgehead atoms. The summed E-state index contributed by atoms with van der Waals surface area (Å²) in [5, 5.41) is 16.7. The molecule has 0 radical (unpaired) electrons. The van der Waals surface area contributed by atoms with E-state index in [1.807, 2.05) is 4.90 Å². The first-order valence-electron chi connectivity index (χ1n) is 9.57. The predicted molar refractivity (Wildman–Crippen MR) is 107 cm³/mol. The van der Waals surface area contributed by atoms with Crippen LogP contribution in [0.5, 0.6) is 5.75 Å². The number of phenolic OH excluding ortho intramolecular Hbond substituents is 1. The van der Waals surface area contributed by atoms with Crippen LogP contribution in [0, 0.1) is 29.4 Å². The molecule has 6 nitrogen and oxygen atoms in total. The zero-order chi connectivity index (χ0) is 22.0. The number of hydrogen-bond acceptors (Lipinski definition) is 4. The molecule has 1 aliphatic carbocycles. The van der Waals surface area contributed by atoms with Gasteiger partial charge in [0, 0.05) is 36.8 Å². The van der Waals surface area contributed by atoms with Gasteiger partial charge in [-0.1, -0.05) is 12.1 Å². The quantitative estimate of drug-likeness (QED) is 0.747. The first-order valence-corrected chi connectivity index (χ1v) is 9.57. The molecule has 30 heavy (non-hydrogen) atoms. The van der Waals surface area contributed by atoms with E-state index < -0.39 is 11.6 Å². The molecule has 1 heterocycles.